The first-order valence-electron chi connectivity index (χ1n) is 2.44. The molecule has 0 aromatic rings. The van der Waals surface area contributed by atoms with Crippen LogP contribution in [0.1, 0.15) is 6.42 Å². The van der Waals surface area contributed by atoms with Crippen LogP contribution in [0.4, 0.5) is 0 Å². The Hall–Kier alpha value is -0.940. The van der Waals surface area contributed by atoms with Crippen LogP contribution >= 0.6 is 0 Å². The number of hydrogen-bond acceptors (Lipinski definition) is 2. The van der Waals surface area contributed by atoms with Crippen molar-refractivity contribution in [2.24, 2.45) is 0 Å². The van der Waals surface area contributed by atoms with E-state index in [2.05, 4.69) is 11.4 Å². The van der Waals surface area contributed by atoms with E-state index < -0.39 is 0 Å². The third kappa shape index (κ3) is 1.02. The van der Waals surface area contributed by atoms with Gasteiger partial charge in [-0.25, -0.2) is 0 Å². The van der Waals surface area contributed by atoms with Crippen LogP contribution in [0.3, 0.4) is 0 Å². The molecule has 0 aromatic carbocycles. The fourth-order valence-corrected chi connectivity index (χ4v) is 0.536. The van der Waals surface area contributed by atoms with Crippen LogP contribution in [-0.2, 0) is 4.84 Å². The van der Waals surface area contributed by atoms with E-state index in [0.29, 0.717) is 13.0 Å². The van der Waals surface area contributed by atoms with Crippen molar-refractivity contribution in [1.29, 1.82) is 0 Å². The molecule has 1 aliphatic heterocycles. The summed E-state index contributed by atoms with van der Waals surface area (Å²) >= 11 is 0. The molecule has 1 aliphatic rings. The molecule has 0 atom stereocenters. The minimum atomic E-state index is 0.636. The molecule has 0 aromatic heterocycles. The summed E-state index contributed by atoms with van der Waals surface area (Å²) in [6.07, 6.45) is 7.59. The van der Waals surface area contributed by atoms with Gasteiger partial charge in [-0.15, -0.1) is 12.3 Å². The van der Waals surface area contributed by atoms with Gasteiger partial charge in [-0.1, -0.05) is 0 Å². The molecule has 0 aliphatic carbocycles. The zero-order valence-electron chi connectivity index (χ0n) is 4.48. The van der Waals surface area contributed by atoms with Gasteiger partial charge in [0.25, 0.3) is 0 Å². The van der Waals surface area contributed by atoms with Crippen LogP contribution in [0.25, 0.3) is 0 Å². The molecule has 42 valence electrons. The second-order valence-corrected chi connectivity index (χ2v) is 1.52. The van der Waals surface area contributed by atoms with Crippen molar-refractivity contribution < 1.29 is 4.84 Å². The van der Waals surface area contributed by atoms with Crippen molar-refractivity contribution in [1.82, 2.24) is 5.48 Å². The Morgan fingerprint density at radius 3 is 3.38 bits per heavy atom. The molecule has 0 radical (unpaired) electrons. The molecule has 2 heteroatoms. The monoisotopic (exact) mass is 109 g/mol. The van der Waals surface area contributed by atoms with E-state index in [4.69, 9.17) is 11.3 Å². The van der Waals surface area contributed by atoms with Crippen LogP contribution in [0, 0.1) is 12.3 Å². The van der Waals surface area contributed by atoms with Gasteiger partial charge in [0.05, 0.1) is 13.0 Å². The van der Waals surface area contributed by atoms with E-state index in [1.165, 1.54) is 0 Å². The van der Waals surface area contributed by atoms with Gasteiger partial charge in [0.2, 0.25) is 0 Å². The highest BCUT2D eigenvalue weighted by molar-refractivity contribution is 5.09. The quantitative estimate of drug-likeness (QED) is 0.493. The molecule has 0 saturated carbocycles. The first kappa shape index (κ1) is 5.20. The molecule has 0 unspecified atom stereocenters. The Morgan fingerprint density at radius 1 is 2.00 bits per heavy atom. The summed E-state index contributed by atoms with van der Waals surface area (Å²) in [5.74, 6) is 2.50. The van der Waals surface area contributed by atoms with Crippen LogP contribution in [-0.4, -0.2) is 6.61 Å². The highest BCUT2D eigenvalue weighted by Crippen LogP contribution is 2.00. The van der Waals surface area contributed by atoms with Crippen LogP contribution < -0.4 is 5.48 Å². The van der Waals surface area contributed by atoms with E-state index in [0.717, 1.165) is 5.70 Å². The van der Waals surface area contributed by atoms with E-state index in [1.807, 2.05) is 6.08 Å². The normalized spacial score (nSPS) is 16.6. The Labute approximate surface area is 48.5 Å². The SMILES string of the molecule is C#CCC1=CCON1. The summed E-state index contributed by atoms with van der Waals surface area (Å²) in [6.45, 7) is 0.636. The van der Waals surface area contributed by atoms with Crippen LogP contribution in [0.15, 0.2) is 11.8 Å². The molecule has 0 bridgehead atoms. The van der Waals surface area contributed by atoms with Crippen LogP contribution in [0.5, 0.6) is 0 Å². The topological polar surface area (TPSA) is 21.3 Å². The smallest absolute Gasteiger partial charge is 0.0948 e. The van der Waals surface area contributed by atoms with E-state index in [-0.39, 0.29) is 0 Å². The minimum absolute atomic E-state index is 0.636. The third-order valence-electron chi connectivity index (χ3n) is 0.909. The van der Waals surface area contributed by atoms with E-state index in [9.17, 15) is 0 Å². The first-order valence-corrected chi connectivity index (χ1v) is 2.44. The number of hydrogen-bond donors (Lipinski definition) is 1. The average molecular weight is 109 g/mol. The molecule has 0 spiro atoms. The summed E-state index contributed by atoms with van der Waals surface area (Å²) in [7, 11) is 0. The highest BCUT2D eigenvalue weighted by Gasteiger charge is 1.99. The Morgan fingerprint density at radius 2 is 2.88 bits per heavy atom. The Balaban J connectivity index is 2.36. The van der Waals surface area contributed by atoms with Gasteiger partial charge in [-0.3, -0.25) is 10.3 Å². The van der Waals surface area contributed by atoms with Gasteiger partial charge < -0.3 is 0 Å². The zero-order valence-corrected chi connectivity index (χ0v) is 4.48. The van der Waals surface area contributed by atoms with Crippen LogP contribution in [0.2, 0.25) is 0 Å². The lowest BCUT2D eigenvalue weighted by Gasteiger charge is -1.94. The maximum Gasteiger partial charge on any atom is 0.0948 e. The summed E-state index contributed by atoms with van der Waals surface area (Å²) in [5, 5.41) is 0. The molecule has 8 heavy (non-hydrogen) atoms. The number of rotatable bonds is 1. The predicted molar refractivity (Wildman–Crippen MR) is 30.6 cm³/mol. The maximum absolute atomic E-state index is 5.02. The molecule has 2 nitrogen and oxygen atoms in total. The lowest BCUT2D eigenvalue weighted by Crippen LogP contribution is -2.04. The lowest BCUT2D eigenvalue weighted by molar-refractivity contribution is 0.108. The van der Waals surface area contributed by atoms with E-state index >= 15 is 0 Å². The van der Waals surface area contributed by atoms with Gasteiger partial charge >= 0.3 is 0 Å². The van der Waals surface area contributed by atoms with Gasteiger partial charge in [0.1, 0.15) is 0 Å². The fourth-order valence-electron chi connectivity index (χ4n) is 0.536. The van der Waals surface area contributed by atoms with E-state index in [1.54, 1.807) is 0 Å². The average Bonchev–Trinajstić information content (AvgIpc) is 2.19. The van der Waals surface area contributed by atoms with Gasteiger partial charge in [-0.05, 0) is 6.08 Å². The highest BCUT2D eigenvalue weighted by atomic mass is 16.6. The largest absolute Gasteiger partial charge is 0.272 e. The van der Waals surface area contributed by atoms with Crippen molar-refractivity contribution >= 4 is 0 Å². The van der Waals surface area contributed by atoms with Crippen molar-refractivity contribution in [2.75, 3.05) is 6.61 Å². The maximum atomic E-state index is 5.02. The molecular weight excluding hydrogens is 102 g/mol. The molecule has 1 rings (SSSR count). The molecule has 1 N–H and O–H groups in total. The van der Waals surface area contributed by atoms with Crippen molar-refractivity contribution in [3.05, 3.63) is 11.8 Å². The molecule has 1 heterocycles. The third-order valence-corrected chi connectivity index (χ3v) is 0.909. The molecular formula is C6H7NO. The zero-order chi connectivity index (χ0) is 5.82. The number of hydroxylamine groups is 1. The first-order chi connectivity index (χ1) is 3.93. The minimum Gasteiger partial charge on any atom is -0.272 e. The molecule has 0 saturated heterocycles. The Bertz CT molecular complexity index is 143. The predicted octanol–water partition coefficient (Wildman–Crippen LogP) is 0.428. The summed E-state index contributed by atoms with van der Waals surface area (Å²) < 4.78 is 0. The van der Waals surface area contributed by atoms with Gasteiger partial charge in [0, 0.05) is 5.70 Å². The fraction of sp³-hybridized carbons (Fsp3) is 0.333. The lowest BCUT2D eigenvalue weighted by atomic mass is 10.3. The van der Waals surface area contributed by atoms with Crippen molar-refractivity contribution in [3.8, 4) is 12.3 Å². The summed E-state index contributed by atoms with van der Waals surface area (Å²) in [5.41, 5.74) is 3.67. The number of terminal acetylenes is 1. The molecule has 0 fully saturated rings. The standard InChI is InChI=1S/C6H7NO/c1-2-3-6-4-5-8-7-6/h1,4,7H,3,5H2. The summed E-state index contributed by atoms with van der Waals surface area (Å²) in [6, 6.07) is 0. The second kappa shape index (κ2) is 2.39. The Kier molecular flexibility index (Phi) is 1.55. The molecule has 0 amide bonds. The van der Waals surface area contributed by atoms with Gasteiger partial charge in [0.15, 0.2) is 0 Å². The van der Waals surface area contributed by atoms with Crippen molar-refractivity contribution in [2.45, 2.75) is 6.42 Å². The number of allylic oxidation sites excluding steroid dienone is 1. The van der Waals surface area contributed by atoms with Crippen molar-refractivity contribution in [3.63, 3.8) is 0 Å². The number of nitrogens with one attached hydrogen (secondary N) is 1. The van der Waals surface area contributed by atoms with Gasteiger partial charge in [-0.2, -0.15) is 0 Å². The second-order valence-electron chi connectivity index (χ2n) is 1.52. The summed E-state index contributed by atoms with van der Waals surface area (Å²) in [4.78, 5) is 4.77.